The maximum Gasteiger partial charge on any atom is 0.254 e. The van der Waals surface area contributed by atoms with E-state index in [9.17, 15) is 47.9 Å². The van der Waals surface area contributed by atoms with Crippen molar-refractivity contribution in [1.82, 2.24) is 34.6 Å². The second-order valence-corrected chi connectivity index (χ2v) is 14.2. The molecule has 1 aromatic carbocycles. The molecule has 20 heteroatoms. The van der Waals surface area contributed by atoms with Crippen LogP contribution in [0.25, 0.3) is 0 Å². The molecule has 0 aliphatic carbocycles. The van der Waals surface area contributed by atoms with E-state index in [1.54, 1.807) is 20.4 Å². The van der Waals surface area contributed by atoms with E-state index in [1.165, 1.54) is 46.0 Å². The van der Waals surface area contributed by atoms with Crippen LogP contribution in [0.1, 0.15) is 43.0 Å². The quantitative estimate of drug-likeness (QED) is 0.0952. The molecule has 2 aromatic rings. The van der Waals surface area contributed by atoms with Gasteiger partial charge in [-0.1, -0.05) is 24.3 Å². The van der Waals surface area contributed by atoms with Gasteiger partial charge in [-0.15, -0.1) is 5.10 Å². The van der Waals surface area contributed by atoms with E-state index >= 15 is 0 Å². The number of aryl methyl sites for hydroxylation is 2. The zero-order valence-electron chi connectivity index (χ0n) is 34.8. The van der Waals surface area contributed by atoms with Crippen molar-refractivity contribution in [3.05, 3.63) is 77.7 Å². The first kappa shape index (κ1) is 47.9. The Balaban J connectivity index is 0.000000210. The van der Waals surface area contributed by atoms with Gasteiger partial charge in [0, 0.05) is 82.1 Å². The Morgan fingerprint density at radius 2 is 1.40 bits per heavy atom. The number of carbonyl (C=O) groups is 10. The van der Waals surface area contributed by atoms with Gasteiger partial charge < -0.3 is 33.5 Å². The number of imide groups is 3. The fraction of sp³-hybridized carbons (Fsp3) is 0.429. The molecule has 4 aliphatic heterocycles. The summed E-state index contributed by atoms with van der Waals surface area (Å²) in [6.45, 7) is 5.76. The second kappa shape index (κ2) is 23.3. The number of aldehydes is 3. The van der Waals surface area contributed by atoms with Gasteiger partial charge in [-0.2, -0.15) is 0 Å². The van der Waals surface area contributed by atoms with Crippen LogP contribution >= 0.6 is 0 Å². The lowest BCUT2D eigenvalue weighted by atomic mass is 10.0. The Bertz CT molecular complexity index is 2060. The van der Waals surface area contributed by atoms with E-state index in [1.807, 2.05) is 32.0 Å². The first-order valence-corrected chi connectivity index (χ1v) is 19.7. The summed E-state index contributed by atoms with van der Waals surface area (Å²) in [5.74, 6) is -2.22. The molecule has 0 radical (unpaired) electrons. The molecule has 0 saturated carbocycles. The molecule has 0 N–H and O–H groups in total. The highest BCUT2D eigenvalue weighted by Gasteiger charge is 2.46. The molecule has 0 bridgehead atoms. The number of methoxy groups -OCH3 is 1. The molecule has 4 unspecified atom stereocenters. The predicted molar refractivity (Wildman–Crippen MR) is 215 cm³/mol. The lowest BCUT2D eigenvalue weighted by Gasteiger charge is -2.23. The molecule has 6 rings (SSSR count). The van der Waals surface area contributed by atoms with Gasteiger partial charge in [0.2, 0.25) is 5.91 Å². The maximum absolute atomic E-state index is 12.1. The highest BCUT2D eigenvalue weighted by atomic mass is 16.5. The van der Waals surface area contributed by atoms with Crippen molar-refractivity contribution in [2.24, 2.45) is 7.05 Å². The fourth-order valence-electron chi connectivity index (χ4n) is 7.03. The maximum atomic E-state index is 12.1. The Morgan fingerprint density at radius 3 is 1.94 bits per heavy atom. The summed E-state index contributed by atoms with van der Waals surface area (Å²) < 4.78 is 17.4. The van der Waals surface area contributed by atoms with Crippen LogP contribution < -0.4 is 4.74 Å². The Morgan fingerprint density at radius 1 is 0.790 bits per heavy atom. The number of ether oxygens (including phenoxy) is 3. The summed E-state index contributed by atoms with van der Waals surface area (Å²) in [7, 11) is 3.34. The number of carbonyl (C=O) groups excluding carboxylic acids is 10. The number of nitrogens with zero attached hydrogens (tertiary/aromatic N) is 7. The number of benzene rings is 1. The van der Waals surface area contributed by atoms with Gasteiger partial charge in [0.05, 0.1) is 44.1 Å². The Labute approximate surface area is 357 Å². The van der Waals surface area contributed by atoms with Crippen LogP contribution in [0.3, 0.4) is 0 Å². The van der Waals surface area contributed by atoms with Gasteiger partial charge in [-0.3, -0.25) is 52.9 Å². The number of hydrogen-bond donors (Lipinski definition) is 0. The van der Waals surface area contributed by atoms with Crippen LogP contribution in [0.2, 0.25) is 0 Å². The normalized spacial score (nSPS) is 18.9. The third-order valence-electron chi connectivity index (χ3n) is 10.0. The minimum absolute atomic E-state index is 0.0114. The van der Waals surface area contributed by atoms with Gasteiger partial charge in [-0.05, 0) is 37.0 Å². The van der Waals surface area contributed by atoms with Gasteiger partial charge in [0.25, 0.3) is 35.4 Å². The van der Waals surface area contributed by atoms with E-state index in [0.717, 1.165) is 31.6 Å². The molecule has 7 amide bonds. The van der Waals surface area contributed by atoms with Gasteiger partial charge in [-0.25, -0.2) is 0 Å². The van der Waals surface area contributed by atoms with Crippen LogP contribution in [0.5, 0.6) is 5.75 Å². The van der Waals surface area contributed by atoms with E-state index in [0.29, 0.717) is 70.2 Å². The smallest absolute Gasteiger partial charge is 0.254 e. The summed E-state index contributed by atoms with van der Waals surface area (Å²) in [6, 6.07) is 3.35. The summed E-state index contributed by atoms with van der Waals surface area (Å²) in [4.78, 5) is 119. The highest BCUT2D eigenvalue weighted by Crippen LogP contribution is 2.27. The lowest BCUT2D eigenvalue weighted by molar-refractivity contribution is -0.146. The number of likely N-dealkylation sites (tertiary alicyclic amines) is 1. The molecular formula is C42H49N7O13. The third kappa shape index (κ3) is 12.4. The van der Waals surface area contributed by atoms with Gasteiger partial charge >= 0.3 is 0 Å². The van der Waals surface area contributed by atoms with Gasteiger partial charge in [0.1, 0.15) is 37.3 Å². The van der Waals surface area contributed by atoms with Crippen molar-refractivity contribution in [1.29, 1.82) is 0 Å². The summed E-state index contributed by atoms with van der Waals surface area (Å²) in [6.07, 6.45) is 12.6. The zero-order chi connectivity index (χ0) is 45.3. The van der Waals surface area contributed by atoms with E-state index in [4.69, 9.17) is 14.2 Å². The van der Waals surface area contributed by atoms with Crippen LogP contribution in [-0.4, -0.2) is 159 Å². The summed E-state index contributed by atoms with van der Waals surface area (Å²) >= 11 is 0. The average Bonchev–Trinajstić information content (AvgIpc) is 4.06. The summed E-state index contributed by atoms with van der Waals surface area (Å²) in [5, 5.41) is 7.66. The minimum atomic E-state index is -0.814. The second-order valence-electron chi connectivity index (χ2n) is 14.2. The molecule has 1 aromatic heterocycles. The number of amides is 7. The lowest BCUT2D eigenvalue weighted by Crippen LogP contribution is -2.45. The van der Waals surface area contributed by atoms with Crippen molar-refractivity contribution in [2.45, 2.75) is 70.1 Å². The minimum Gasteiger partial charge on any atom is -0.491 e. The number of hydrogen-bond acceptors (Lipinski definition) is 15. The van der Waals surface area contributed by atoms with Crippen molar-refractivity contribution >= 4 is 60.2 Å². The molecule has 4 atom stereocenters. The molecule has 0 spiro atoms. The monoisotopic (exact) mass is 859 g/mol. The number of aromatic nitrogens is 3. The van der Waals surface area contributed by atoms with Crippen molar-refractivity contribution < 1.29 is 62.2 Å². The topological polar surface area (TPSA) is 242 Å². The van der Waals surface area contributed by atoms with Crippen LogP contribution in [0.4, 0.5) is 0 Å². The molecule has 20 nitrogen and oxygen atoms in total. The van der Waals surface area contributed by atoms with Gasteiger partial charge in [0.15, 0.2) is 0 Å². The molecule has 1 saturated heterocycles. The van der Waals surface area contributed by atoms with Crippen molar-refractivity contribution in [2.75, 3.05) is 40.1 Å². The van der Waals surface area contributed by atoms with Crippen LogP contribution in [0.15, 0.2) is 60.9 Å². The highest BCUT2D eigenvalue weighted by molar-refractivity contribution is 6.16. The average molecular weight is 860 g/mol. The largest absolute Gasteiger partial charge is 0.491 e. The number of rotatable bonds is 20. The fourth-order valence-corrected chi connectivity index (χ4v) is 7.03. The molecular weight excluding hydrogens is 810 g/mol. The van der Waals surface area contributed by atoms with E-state index in [-0.39, 0.29) is 31.3 Å². The van der Waals surface area contributed by atoms with E-state index in [2.05, 4.69) is 10.3 Å². The van der Waals surface area contributed by atoms with Crippen molar-refractivity contribution in [3.63, 3.8) is 0 Å². The van der Waals surface area contributed by atoms with E-state index < -0.39 is 53.6 Å². The third-order valence-corrected chi connectivity index (χ3v) is 10.0. The molecule has 4 aliphatic rings. The molecule has 5 heterocycles. The van der Waals surface area contributed by atoms with Crippen LogP contribution in [0, 0.1) is 6.92 Å². The standard InChI is InChI=1S/C19H23NO6.C12H14N2O4.C11H12N4O3/c1-14-11-15(3-4-17(14)26-10-9-25-8-7-24-2)12-16(13-21)20-18(22)5-6-19(20)23;1-2-8-7-9(12(18)13(8)5-6-15)14-10(16)3-4-11(14)17;1-14-7-8(12-13-14)6-9(4-5-16)15-10(17)2-3-11(15)18/h3-6,11,13,16H,7-10,12H2,1-2H3;3-4,6,8-9H,2,5,7H2,1H3;2-3,5,7,9H,4,6H2,1H3. The predicted octanol–water partition coefficient (Wildman–Crippen LogP) is -0.198. The molecule has 1 fully saturated rings. The Hall–Kier alpha value is -6.80. The first-order chi connectivity index (χ1) is 29.8. The first-order valence-electron chi connectivity index (χ1n) is 19.7. The summed E-state index contributed by atoms with van der Waals surface area (Å²) in [5.41, 5.74) is 2.38. The SMILES string of the molecule is CCC1CC(N2C(=O)C=CC2=O)C(=O)N1CC=O.COCCOCCOc1ccc(CC(C=O)N2C(=O)C=CC2=O)cc1C.Cn1cc(CC(CC=O)N2C(=O)C=CC2=O)nn1. The Kier molecular flexibility index (Phi) is 18.0. The zero-order valence-corrected chi connectivity index (χ0v) is 34.8. The molecule has 62 heavy (non-hydrogen) atoms. The van der Waals surface area contributed by atoms with Crippen LogP contribution in [-0.2, 0) is 77.3 Å². The molecule has 330 valence electrons. The van der Waals surface area contributed by atoms with Crippen molar-refractivity contribution in [3.8, 4) is 5.75 Å².